The van der Waals surface area contributed by atoms with E-state index in [1.165, 1.54) is 30.6 Å². The number of carbonyl (C=O) groups is 1. The minimum atomic E-state index is -0.0827. The number of carbonyl (C=O) groups excluding carboxylic acids is 1. The average molecular weight is 304 g/mol. The Hall–Kier alpha value is -1.16. The van der Waals surface area contributed by atoms with Crippen LogP contribution in [0.2, 0.25) is 0 Å². The Morgan fingerprint density at radius 1 is 1.38 bits per heavy atom. The van der Waals surface area contributed by atoms with E-state index in [0.717, 1.165) is 23.1 Å². The number of fused-ring (bicyclic) bond motifs is 2. The van der Waals surface area contributed by atoms with E-state index in [-0.39, 0.29) is 5.91 Å². The Bertz CT molecular complexity index is 561. The van der Waals surface area contributed by atoms with Crippen LogP contribution in [0.15, 0.2) is 16.5 Å². The van der Waals surface area contributed by atoms with Gasteiger partial charge in [-0.3, -0.25) is 4.79 Å². The fourth-order valence-electron chi connectivity index (χ4n) is 3.82. The van der Waals surface area contributed by atoms with Gasteiger partial charge in [-0.05, 0) is 50.0 Å². The van der Waals surface area contributed by atoms with Gasteiger partial charge in [0.05, 0.1) is 5.56 Å². The van der Waals surface area contributed by atoms with E-state index >= 15 is 0 Å². The molecule has 0 radical (unpaired) electrons. The molecule has 1 heterocycles. The first-order valence-electron chi connectivity index (χ1n) is 7.97. The molecular weight excluding hydrogens is 280 g/mol. The van der Waals surface area contributed by atoms with Crippen molar-refractivity contribution in [3.63, 3.8) is 0 Å². The fourth-order valence-corrected chi connectivity index (χ4v) is 4.72. The highest BCUT2D eigenvalue weighted by Crippen LogP contribution is 2.48. The smallest absolute Gasteiger partial charge is 0.267 e. The van der Waals surface area contributed by atoms with Crippen LogP contribution in [-0.4, -0.2) is 11.6 Å². The predicted molar refractivity (Wildman–Crippen MR) is 87.9 cm³/mol. The molecular formula is C17H24N2OS. The second kappa shape index (κ2) is 5.91. The molecule has 114 valence electrons. The van der Waals surface area contributed by atoms with Crippen molar-refractivity contribution in [1.82, 2.24) is 5.43 Å². The van der Waals surface area contributed by atoms with Gasteiger partial charge in [0.2, 0.25) is 0 Å². The Labute approximate surface area is 130 Å². The van der Waals surface area contributed by atoms with Crippen molar-refractivity contribution >= 4 is 23.0 Å². The molecule has 4 heteroatoms. The van der Waals surface area contributed by atoms with Crippen LogP contribution in [0.4, 0.5) is 0 Å². The van der Waals surface area contributed by atoms with Gasteiger partial charge in [0.15, 0.2) is 0 Å². The van der Waals surface area contributed by atoms with Gasteiger partial charge in [-0.25, -0.2) is 5.43 Å². The Kier molecular flexibility index (Phi) is 4.16. The van der Waals surface area contributed by atoms with Gasteiger partial charge < -0.3 is 0 Å². The summed E-state index contributed by atoms with van der Waals surface area (Å²) < 4.78 is 0. The molecule has 0 aromatic carbocycles. The monoisotopic (exact) mass is 304 g/mol. The van der Waals surface area contributed by atoms with E-state index in [9.17, 15) is 4.79 Å². The Morgan fingerprint density at radius 2 is 2.19 bits per heavy atom. The lowest BCUT2D eigenvalue weighted by molar-refractivity contribution is 0.0955. The highest BCUT2D eigenvalue weighted by Gasteiger charge is 2.40. The number of hydrogen-bond acceptors (Lipinski definition) is 3. The zero-order chi connectivity index (χ0) is 15.0. The van der Waals surface area contributed by atoms with E-state index in [1.54, 1.807) is 11.3 Å². The highest BCUT2D eigenvalue weighted by molar-refractivity contribution is 7.10. The summed E-state index contributed by atoms with van der Waals surface area (Å²) in [7, 11) is 0. The summed E-state index contributed by atoms with van der Waals surface area (Å²) >= 11 is 1.65. The van der Waals surface area contributed by atoms with Crippen LogP contribution in [-0.2, 0) is 0 Å². The van der Waals surface area contributed by atoms with Gasteiger partial charge in [-0.2, -0.15) is 5.10 Å². The summed E-state index contributed by atoms with van der Waals surface area (Å²) in [5.74, 6) is 2.70. The molecule has 3 atom stereocenters. The van der Waals surface area contributed by atoms with Crippen LogP contribution in [0.5, 0.6) is 0 Å². The van der Waals surface area contributed by atoms with Crippen molar-refractivity contribution in [2.45, 2.75) is 52.4 Å². The lowest BCUT2D eigenvalue weighted by atomic mass is 9.86. The van der Waals surface area contributed by atoms with E-state index in [4.69, 9.17) is 0 Å². The quantitative estimate of drug-likeness (QED) is 0.649. The van der Waals surface area contributed by atoms with Crippen molar-refractivity contribution in [2.75, 3.05) is 0 Å². The molecule has 3 nitrogen and oxygen atoms in total. The number of amides is 1. The molecule has 1 aromatic rings. The van der Waals surface area contributed by atoms with Crippen molar-refractivity contribution in [2.24, 2.45) is 22.9 Å². The molecule has 2 bridgehead atoms. The molecule has 1 N–H and O–H groups in total. The van der Waals surface area contributed by atoms with E-state index in [2.05, 4.69) is 31.3 Å². The molecule has 1 amide bonds. The van der Waals surface area contributed by atoms with E-state index < -0.39 is 0 Å². The predicted octanol–water partition coefficient (Wildman–Crippen LogP) is 4.41. The molecule has 1 aromatic heterocycles. The first-order chi connectivity index (χ1) is 10.0. The maximum absolute atomic E-state index is 12.1. The fraction of sp³-hybridized carbons (Fsp3) is 0.647. The van der Waals surface area contributed by atoms with Crippen LogP contribution in [0.3, 0.4) is 0 Å². The van der Waals surface area contributed by atoms with E-state index in [1.807, 2.05) is 11.4 Å². The Morgan fingerprint density at radius 3 is 2.76 bits per heavy atom. The molecule has 3 rings (SSSR count). The van der Waals surface area contributed by atoms with Crippen LogP contribution >= 0.6 is 11.3 Å². The van der Waals surface area contributed by atoms with Gasteiger partial charge in [0.25, 0.3) is 5.91 Å². The molecule has 0 unspecified atom stereocenters. The van der Waals surface area contributed by atoms with Crippen molar-refractivity contribution in [3.05, 3.63) is 21.9 Å². The summed E-state index contributed by atoms with van der Waals surface area (Å²) in [5.41, 5.74) is 4.58. The first-order valence-corrected chi connectivity index (χ1v) is 8.85. The van der Waals surface area contributed by atoms with Gasteiger partial charge in [0, 0.05) is 21.9 Å². The Balaban J connectivity index is 1.60. The third kappa shape index (κ3) is 3.05. The van der Waals surface area contributed by atoms with Crippen molar-refractivity contribution < 1.29 is 4.79 Å². The largest absolute Gasteiger partial charge is 0.272 e. The van der Waals surface area contributed by atoms with E-state index in [0.29, 0.717) is 11.8 Å². The molecule has 0 spiro atoms. The van der Waals surface area contributed by atoms with Crippen molar-refractivity contribution in [3.8, 4) is 0 Å². The lowest BCUT2D eigenvalue weighted by Crippen LogP contribution is -2.24. The van der Waals surface area contributed by atoms with Crippen LogP contribution in [0.25, 0.3) is 0 Å². The maximum atomic E-state index is 12.1. The molecule has 2 fully saturated rings. The average Bonchev–Trinajstić information content (AvgIpc) is 3.18. The van der Waals surface area contributed by atoms with Gasteiger partial charge in [0.1, 0.15) is 0 Å². The number of nitrogens with zero attached hydrogens (tertiary/aromatic N) is 1. The summed E-state index contributed by atoms with van der Waals surface area (Å²) in [6, 6.07) is 1.98. The summed E-state index contributed by atoms with van der Waals surface area (Å²) in [6.07, 6.45) is 5.38. The number of hydrazone groups is 1. The second-order valence-corrected chi connectivity index (χ2v) is 7.81. The number of thiophene rings is 1. The van der Waals surface area contributed by atoms with Crippen LogP contribution in [0, 0.1) is 17.8 Å². The summed E-state index contributed by atoms with van der Waals surface area (Å²) in [6.45, 7) is 6.36. The zero-order valence-electron chi connectivity index (χ0n) is 13.1. The highest BCUT2D eigenvalue weighted by atomic mass is 32.1. The maximum Gasteiger partial charge on any atom is 0.272 e. The zero-order valence-corrected chi connectivity index (χ0v) is 13.9. The molecule has 2 saturated carbocycles. The third-order valence-electron chi connectivity index (χ3n) is 5.06. The molecule has 0 saturated heterocycles. The third-order valence-corrected chi connectivity index (χ3v) is 6.29. The summed E-state index contributed by atoms with van der Waals surface area (Å²) in [5, 5.41) is 6.30. The minimum Gasteiger partial charge on any atom is -0.267 e. The SMILES string of the molecule is C/C(=N\NC(=O)c1csc(C(C)C)c1)[C@H]1C[C@@H]2CC[C@@H]1C2. The van der Waals surface area contributed by atoms with Crippen molar-refractivity contribution in [1.29, 1.82) is 0 Å². The standard InChI is InChI=1S/C17H24N2OS/c1-10(2)16-8-14(9-21-16)17(20)19-18-11(3)15-7-12-4-5-13(15)6-12/h8-10,12-13,15H,4-7H2,1-3H3,(H,19,20)/b18-11+/t12-,13-,15-/m1/s1. The minimum absolute atomic E-state index is 0.0827. The molecule has 0 aliphatic heterocycles. The topological polar surface area (TPSA) is 41.5 Å². The number of nitrogens with one attached hydrogen (secondary N) is 1. The second-order valence-electron chi connectivity index (χ2n) is 6.87. The lowest BCUT2D eigenvalue weighted by Gasteiger charge is -2.21. The molecule has 2 aliphatic carbocycles. The van der Waals surface area contributed by atoms with Gasteiger partial charge in [-0.15, -0.1) is 11.3 Å². The van der Waals surface area contributed by atoms with Gasteiger partial charge >= 0.3 is 0 Å². The molecule has 21 heavy (non-hydrogen) atoms. The van der Waals surface area contributed by atoms with Crippen LogP contribution < -0.4 is 5.43 Å². The summed E-state index contributed by atoms with van der Waals surface area (Å²) in [4.78, 5) is 13.4. The van der Waals surface area contributed by atoms with Crippen LogP contribution in [0.1, 0.15) is 67.6 Å². The molecule has 2 aliphatic rings. The number of rotatable bonds is 4. The first kappa shape index (κ1) is 14.8. The van der Waals surface area contributed by atoms with Gasteiger partial charge in [-0.1, -0.05) is 20.3 Å². The number of hydrogen-bond donors (Lipinski definition) is 1. The normalized spacial score (nSPS) is 28.4.